The largest absolute Gasteiger partial charge is 0.475 e. The van der Waals surface area contributed by atoms with E-state index >= 15 is 0 Å². The standard InChI is InChI=1S/C4H4N2O3S/c1-9-4-5-2(3(7)8)6-10-4/h1H3,(H,7,8). The highest BCUT2D eigenvalue weighted by Gasteiger charge is 2.09. The summed E-state index contributed by atoms with van der Waals surface area (Å²) in [7, 11) is 1.41. The van der Waals surface area contributed by atoms with Gasteiger partial charge in [0.25, 0.3) is 11.0 Å². The van der Waals surface area contributed by atoms with Crippen molar-refractivity contribution in [3.63, 3.8) is 0 Å². The number of ether oxygens (including phenoxy) is 1. The van der Waals surface area contributed by atoms with Crippen LogP contribution in [-0.4, -0.2) is 27.5 Å². The van der Waals surface area contributed by atoms with Crippen LogP contribution in [0.3, 0.4) is 0 Å². The lowest BCUT2D eigenvalue weighted by Gasteiger charge is -1.84. The van der Waals surface area contributed by atoms with Gasteiger partial charge in [-0.2, -0.15) is 9.36 Å². The van der Waals surface area contributed by atoms with E-state index in [0.717, 1.165) is 11.5 Å². The quantitative estimate of drug-likeness (QED) is 0.671. The molecule has 0 aromatic carbocycles. The predicted molar refractivity (Wildman–Crippen MR) is 33.4 cm³/mol. The summed E-state index contributed by atoms with van der Waals surface area (Å²) in [6, 6.07) is 0. The van der Waals surface area contributed by atoms with Crippen LogP contribution in [0.1, 0.15) is 10.6 Å². The Morgan fingerprint density at radius 3 is 2.80 bits per heavy atom. The number of carboxylic acids is 1. The minimum Gasteiger partial charge on any atom is -0.475 e. The van der Waals surface area contributed by atoms with Crippen molar-refractivity contribution in [2.75, 3.05) is 7.11 Å². The van der Waals surface area contributed by atoms with E-state index < -0.39 is 5.97 Å². The van der Waals surface area contributed by atoms with E-state index in [0.29, 0.717) is 0 Å². The molecular formula is C4H4N2O3S. The first-order chi connectivity index (χ1) is 4.74. The minimum atomic E-state index is -1.14. The van der Waals surface area contributed by atoms with Crippen molar-refractivity contribution in [2.45, 2.75) is 0 Å². The molecule has 0 aliphatic carbocycles. The van der Waals surface area contributed by atoms with E-state index in [1.165, 1.54) is 7.11 Å². The molecule has 0 saturated carbocycles. The number of methoxy groups -OCH3 is 1. The Morgan fingerprint density at radius 2 is 2.50 bits per heavy atom. The predicted octanol–water partition coefficient (Wildman–Crippen LogP) is 0.245. The smallest absolute Gasteiger partial charge is 0.375 e. The van der Waals surface area contributed by atoms with Gasteiger partial charge in [-0.3, -0.25) is 0 Å². The Morgan fingerprint density at radius 1 is 1.80 bits per heavy atom. The molecular weight excluding hydrogens is 156 g/mol. The number of aromatic nitrogens is 2. The zero-order valence-corrected chi connectivity index (χ0v) is 5.88. The van der Waals surface area contributed by atoms with Crippen molar-refractivity contribution < 1.29 is 14.6 Å². The zero-order chi connectivity index (χ0) is 7.56. The molecule has 1 aromatic rings. The number of rotatable bonds is 2. The van der Waals surface area contributed by atoms with Gasteiger partial charge in [-0.25, -0.2) is 4.79 Å². The molecule has 6 heteroatoms. The Hall–Kier alpha value is -1.17. The second-order valence-electron chi connectivity index (χ2n) is 1.39. The number of carbonyl (C=O) groups is 1. The van der Waals surface area contributed by atoms with Crippen molar-refractivity contribution in [1.82, 2.24) is 9.36 Å². The van der Waals surface area contributed by atoms with Gasteiger partial charge in [0.2, 0.25) is 0 Å². The Bertz CT molecular complexity index is 246. The molecule has 0 saturated heterocycles. The van der Waals surface area contributed by atoms with Crippen molar-refractivity contribution in [2.24, 2.45) is 0 Å². The van der Waals surface area contributed by atoms with Crippen LogP contribution < -0.4 is 4.74 Å². The molecule has 0 bridgehead atoms. The van der Waals surface area contributed by atoms with Gasteiger partial charge < -0.3 is 9.84 Å². The lowest BCUT2D eigenvalue weighted by atomic mass is 10.6. The molecule has 0 amide bonds. The highest BCUT2D eigenvalue weighted by Crippen LogP contribution is 2.12. The number of carboxylic acid groups (broad SMARTS) is 1. The molecule has 1 rings (SSSR count). The summed E-state index contributed by atoms with van der Waals surface area (Å²) >= 11 is 0.914. The average Bonchev–Trinajstić information content (AvgIpc) is 2.34. The molecule has 1 aromatic heterocycles. The van der Waals surface area contributed by atoms with E-state index in [1.807, 2.05) is 0 Å². The maximum atomic E-state index is 10.2. The average molecular weight is 160 g/mol. The van der Waals surface area contributed by atoms with Crippen molar-refractivity contribution in [1.29, 1.82) is 0 Å². The molecule has 1 heterocycles. The van der Waals surface area contributed by atoms with Crippen LogP contribution in [0.25, 0.3) is 0 Å². The van der Waals surface area contributed by atoms with Crippen molar-refractivity contribution >= 4 is 17.5 Å². The normalized spacial score (nSPS) is 9.30. The van der Waals surface area contributed by atoms with E-state index in [1.54, 1.807) is 0 Å². The monoisotopic (exact) mass is 160 g/mol. The summed E-state index contributed by atoms with van der Waals surface area (Å²) in [6.45, 7) is 0. The Balaban J connectivity index is 2.88. The first kappa shape index (κ1) is 6.94. The van der Waals surface area contributed by atoms with Crippen LogP contribution in [0.4, 0.5) is 0 Å². The lowest BCUT2D eigenvalue weighted by molar-refractivity contribution is 0.0684. The molecule has 54 valence electrons. The van der Waals surface area contributed by atoms with E-state index in [-0.39, 0.29) is 11.0 Å². The molecule has 1 N–H and O–H groups in total. The Kier molecular flexibility index (Phi) is 1.81. The third-order valence-electron chi connectivity index (χ3n) is 0.773. The third-order valence-corrected chi connectivity index (χ3v) is 1.45. The van der Waals surface area contributed by atoms with E-state index in [2.05, 4.69) is 14.1 Å². The van der Waals surface area contributed by atoms with Gasteiger partial charge in [0.1, 0.15) is 0 Å². The topological polar surface area (TPSA) is 72.3 Å². The lowest BCUT2D eigenvalue weighted by Crippen LogP contribution is -1.98. The minimum absolute atomic E-state index is 0.221. The second-order valence-corrected chi connectivity index (χ2v) is 2.11. The molecule has 0 spiro atoms. The molecule has 5 nitrogen and oxygen atoms in total. The summed E-state index contributed by atoms with van der Waals surface area (Å²) in [6.07, 6.45) is 0. The molecule has 0 unspecified atom stereocenters. The third kappa shape index (κ3) is 1.21. The van der Waals surface area contributed by atoms with Crippen LogP contribution in [0.2, 0.25) is 0 Å². The summed E-state index contributed by atoms with van der Waals surface area (Å²) < 4.78 is 8.12. The maximum absolute atomic E-state index is 10.2. The molecule has 0 fully saturated rings. The van der Waals surface area contributed by atoms with Gasteiger partial charge in [-0.05, 0) is 0 Å². The van der Waals surface area contributed by atoms with E-state index in [4.69, 9.17) is 5.11 Å². The zero-order valence-electron chi connectivity index (χ0n) is 5.07. The summed E-state index contributed by atoms with van der Waals surface area (Å²) in [5, 5.41) is 8.58. The summed E-state index contributed by atoms with van der Waals surface area (Å²) in [4.78, 5) is 13.7. The van der Waals surface area contributed by atoms with Crippen LogP contribution in [0.5, 0.6) is 5.19 Å². The van der Waals surface area contributed by atoms with Crippen LogP contribution in [0, 0.1) is 0 Å². The van der Waals surface area contributed by atoms with Crippen LogP contribution in [0.15, 0.2) is 0 Å². The fourth-order valence-electron chi connectivity index (χ4n) is 0.379. The van der Waals surface area contributed by atoms with E-state index in [9.17, 15) is 4.79 Å². The summed E-state index contributed by atoms with van der Waals surface area (Å²) in [5.41, 5.74) is 0. The van der Waals surface area contributed by atoms with Crippen molar-refractivity contribution in [3.05, 3.63) is 5.82 Å². The number of hydrogen-bond donors (Lipinski definition) is 1. The molecule has 10 heavy (non-hydrogen) atoms. The van der Waals surface area contributed by atoms with Crippen LogP contribution in [-0.2, 0) is 0 Å². The van der Waals surface area contributed by atoms with Gasteiger partial charge in [-0.1, -0.05) is 0 Å². The highest BCUT2D eigenvalue weighted by atomic mass is 32.1. The van der Waals surface area contributed by atoms with Crippen LogP contribution >= 0.6 is 11.5 Å². The summed E-state index contributed by atoms with van der Waals surface area (Å²) in [5.74, 6) is -1.36. The fraction of sp³-hybridized carbons (Fsp3) is 0.250. The van der Waals surface area contributed by atoms with Gasteiger partial charge in [0.15, 0.2) is 0 Å². The SMILES string of the molecule is COc1nc(C(=O)O)ns1. The number of hydrogen-bond acceptors (Lipinski definition) is 5. The molecule has 0 aliphatic rings. The first-order valence-electron chi connectivity index (χ1n) is 2.35. The number of aromatic carboxylic acids is 1. The number of nitrogens with zero attached hydrogens (tertiary/aromatic N) is 2. The van der Waals surface area contributed by atoms with Gasteiger partial charge in [0, 0.05) is 11.5 Å². The fourth-order valence-corrected chi connectivity index (χ4v) is 0.865. The molecule has 0 atom stereocenters. The first-order valence-corrected chi connectivity index (χ1v) is 3.12. The van der Waals surface area contributed by atoms with Gasteiger partial charge >= 0.3 is 5.97 Å². The second kappa shape index (κ2) is 2.61. The van der Waals surface area contributed by atoms with Gasteiger partial charge in [0.05, 0.1) is 7.11 Å². The highest BCUT2D eigenvalue weighted by molar-refractivity contribution is 7.07. The molecule has 0 aliphatic heterocycles. The Labute approximate surface area is 60.5 Å². The van der Waals surface area contributed by atoms with Gasteiger partial charge in [-0.15, -0.1) is 0 Å². The molecule has 0 radical (unpaired) electrons. The van der Waals surface area contributed by atoms with Crippen molar-refractivity contribution in [3.8, 4) is 5.19 Å². The maximum Gasteiger partial charge on any atom is 0.375 e.